The largest absolute Gasteiger partial charge is 0.484 e. The fourth-order valence-electron chi connectivity index (χ4n) is 5.07. The van der Waals surface area contributed by atoms with E-state index in [2.05, 4.69) is 37.4 Å². The van der Waals surface area contributed by atoms with Crippen molar-refractivity contribution in [2.45, 2.75) is 64.0 Å². The predicted molar refractivity (Wildman–Crippen MR) is 128 cm³/mol. The molecular formula is C27H34ClNO3. The van der Waals surface area contributed by atoms with Crippen molar-refractivity contribution in [1.82, 2.24) is 5.32 Å². The van der Waals surface area contributed by atoms with Crippen LogP contribution in [0.15, 0.2) is 48.5 Å². The number of carbonyl (C=O) groups is 1. The lowest BCUT2D eigenvalue weighted by Crippen LogP contribution is -2.36. The highest BCUT2D eigenvalue weighted by Gasteiger charge is 2.35. The Labute approximate surface area is 196 Å². The average molecular weight is 456 g/mol. The number of benzene rings is 2. The van der Waals surface area contributed by atoms with Gasteiger partial charge >= 0.3 is 0 Å². The third kappa shape index (κ3) is 5.85. The fourth-order valence-corrected chi connectivity index (χ4v) is 5.19. The van der Waals surface area contributed by atoms with Crippen LogP contribution >= 0.6 is 11.6 Å². The molecule has 0 unspecified atom stereocenters. The van der Waals surface area contributed by atoms with Gasteiger partial charge in [0.1, 0.15) is 5.75 Å². The molecular weight excluding hydrogens is 422 g/mol. The lowest BCUT2D eigenvalue weighted by atomic mass is 9.76. The van der Waals surface area contributed by atoms with E-state index in [1.807, 2.05) is 30.3 Å². The molecule has 1 aliphatic heterocycles. The molecule has 1 heterocycles. The minimum atomic E-state index is -0.0397. The number of ether oxygens (including phenoxy) is 2. The molecule has 4 rings (SSSR count). The van der Waals surface area contributed by atoms with Gasteiger partial charge in [-0.1, -0.05) is 62.6 Å². The Morgan fingerprint density at radius 2 is 1.88 bits per heavy atom. The van der Waals surface area contributed by atoms with Gasteiger partial charge < -0.3 is 14.8 Å². The Hall–Kier alpha value is -2.04. The monoisotopic (exact) mass is 455 g/mol. The molecule has 2 aromatic rings. The van der Waals surface area contributed by atoms with Crippen molar-refractivity contribution < 1.29 is 14.3 Å². The molecule has 4 nitrogen and oxygen atoms in total. The van der Waals surface area contributed by atoms with Crippen LogP contribution in [0.1, 0.15) is 69.1 Å². The second kappa shape index (κ2) is 10.7. The van der Waals surface area contributed by atoms with E-state index in [0.717, 1.165) is 35.6 Å². The second-order valence-corrected chi connectivity index (χ2v) is 9.99. The SMILES string of the molecule is CC(C)[C@@H]1C[C@H](c2ccc(Cl)cc2)CO[C@H]1c1cccc(OCC(=O)NC2CCCC2)c1. The van der Waals surface area contributed by atoms with E-state index >= 15 is 0 Å². The van der Waals surface area contributed by atoms with Crippen molar-refractivity contribution >= 4 is 17.5 Å². The Bertz CT molecular complexity index is 892. The second-order valence-electron chi connectivity index (χ2n) is 9.56. The Balaban J connectivity index is 1.39. The molecule has 2 fully saturated rings. The van der Waals surface area contributed by atoms with Gasteiger partial charge in [0.05, 0.1) is 12.7 Å². The van der Waals surface area contributed by atoms with Crippen LogP contribution in [-0.2, 0) is 9.53 Å². The van der Waals surface area contributed by atoms with E-state index in [1.54, 1.807) is 0 Å². The molecule has 1 N–H and O–H groups in total. The summed E-state index contributed by atoms with van der Waals surface area (Å²) in [6.07, 6.45) is 5.64. The molecule has 1 aliphatic carbocycles. The first-order chi connectivity index (χ1) is 15.5. The van der Waals surface area contributed by atoms with E-state index in [-0.39, 0.29) is 18.6 Å². The Kier molecular flexibility index (Phi) is 7.75. The molecule has 5 heteroatoms. The van der Waals surface area contributed by atoms with Crippen molar-refractivity contribution in [3.05, 3.63) is 64.7 Å². The highest BCUT2D eigenvalue weighted by molar-refractivity contribution is 6.30. The van der Waals surface area contributed by atoms with E-state index < -0.39 is 0 Å². The van der Waals surface area contributed by atoms with E-state index in [4.69, 9.17) is 21.1 Å². The first kappa shape index (κ1) is 23.1. The van der Waals surface area contributed by atoms with Crippen molar-refractivity contribution in [3.8, 4) is 5.75 Å². The number of halogens is 1. The zero-order chi connectivity index (χ0) is 22.5. The first-order valence-electron chi connectivity index (χ1n) is 11.9. The van der Waals surface area contributed by atoms with Crippen molar-refractivity contribution in [3.63, 3.8) is 0 Å². The molecule has 32 heavy (non-hydrogen) atoms. The van der Waals surface area contributed by atoms with Crippen LogP contribution < -0.4 is 10.1 Å². The zero-order valence-corrected chi connectivity index (χ0v) is 19.8. The molecule has 1 saturated carbocycles. The summed E-state index contributed by atoms with van der Waals surface area (Å²) >= 11 is 6.07. The summed E-state index contributed by atoms with van der Waals surface area (Å²) < 4.78 is 12.3. The van der Waals surface area contributed by atoms with Gasteiger partial charge in [0, 0.05) is 17.0 Å². The van der Waals surface area contributed by atoms with Crippen LogP contribution in [0.2, 0.25) is 5.02 Å². The van der Waals surface area contributed by atoms with Gasteiger partial charge in [0.15, 0.2) is 6.61 Å². The summed E-state index contributed by atoms with van der Waals surface area (Å²) in [4.78, 5) is 12.2. The molecule has 1 amide bonds. The van der Waals surface area contributed by atoms with Crippen LogP contribution in [0, 0.1) is 11.8 Å². The minimum absolute atomic E-state index is 0.0226. The van der Waals surface area contributed by atoms with Crippen LogP contribution in [-0.4, -0.2) is 25.2 Å². The first-order valence-corrected chi connectivity index (χ1v) is 12.3. The highest BCUT2D eigenvalue weighted by Crippen LogP contribution is 2.44. The number of hydrogen-bond acceptors (Lipinski definition) is 3. The summed E-state index contributed by atoms with van der Waals surface area (Å²) in [7, 11) is 0. The molecule has 0 spiro atoms. The molecule has 172 valence electrons. The van der Waals surface area contributed by atoms with Crippen LogP contribution in [0.4, 0.5) is 0 Å². The van der Waals surface area contributed by atoms with Crippen LogP contribution in [0.25, 0.3) is 0 Å². The van der Waals surface area contributed by atoms with E-state index in [0.29, 0.717) is 30.4 Å². The maximum atomic E-state index is 12.2. The molecule has 0 bridgehead atoms. The van der Waals surface area contributed by atoms with Gasteiger partial charge in [-0.2, -0.15) is 0 Å². The summed E-state index contributed by atoms with van der Waals surface area (Å²) in [6.45, 7) is 5.26. The minimum Gasteiger partial charge on any atom is -0.484 e. The zero-order valence-electron chi connectivity index (χ0n) is 19.1. The maximum absolute atomic E-state index is 12.2. The third-order valence-electron chi connectivity index (χ3n) is 6.90. The topological polar surface area (TPSA) is 47.6 Å². The summed E-state index contributed by atoms with van der Waals surface area (Å²) in [5, 5.41) is 3.84. The smallest absolute Gasteiger partial charge is 0.258 e. The quantitative estimate of drug-likeness (QED) is 0.533. The van der Waals surface area contributed by atoms with E-state index in [1.165, 1.54) is 18.4 Å². The highest BCUT2D eigenvalue weighted by atomic mass is 35.5. The summed E-state index contributed by atoms with van der Waals surface area (Å²) in [6, 6.07) is 16.5. The number of amides is 1. The lowest BCUT2D eigenvalue weighted by molar-refractivity contribution is -0.123. The standard InChI is InChI=1S/C27H34ClNO3/c1-18(2)25-15-21(19-10-12-22(28)13-11-19)16-32-27(25)20-6-5-9-24(14-20)31-17-26(30)29-23-7-3-4-8-23/h5-6,9-14,18,21,23,25,27H,3-4,7-8,15-17H2,1-2H3,(H,29,30)/t21-,25-,27-/m0/s1. The van der Waals surface area contributed by atoms with Gasteiger partial charge in [-0.25, -0.2) is 0 Å². The third-order valence-corrected chi connectivity index (χ3v) is 7.15. The van der Waals surface area contributed by atoms with Crippen molar-refractivity contribution in [2.24, 2.45) is 11.8 Å². The van der Waals surface area contributed by atoms with Crippen LogP contribution in [0.5, 0.6) is 5.75 Å². The van der Waals surface area contributed by atoms with Crippen LogP contribution in [0.3, 0.4) is 0 Å². The van der Waals surface area contributed by atoms with Gasteiger partial charge in [-0.3, -0.25) is 4.79 Å². The number of rotatable bonds is 7. The van der Waals surface area contributed by atoms with Gasteiger partial charge in [-0.15, -0.1) is 0 Å². The average Bonchev–Trinajstić information content (AvgIpc) is 3.31. The van der Waals surface area contributed by atoms with Gasteiger partial charge in [-0.05, 0) is 66.5 Å². The van der Waals surface area contributed by atoms with Crippen molar-refractivity contribution in [1.29, 1.82) is 0 Å². The van der Waals surface area contributed by atoms with Gasteiger partial charge in [0.2, 0.25) is 0 Å². The van der Waals surface area contributed by atoms with Gasteiger partial charge in [0.25, 0.3) is 5.91 Å². The molecule has 0 aromatic heterocycles. The number of carbonyl (C=O) groups excluding carboxylic acids is 1. The predicted octanol–water partition coefficient (Wildman–Crippen LogP) is 6.30. The normalized spacial score (nSPS) is 23.9. The molecule has 2 aliphatic rings. The van der Waals surface area contributed by atoms with Crippen molar-refractivity contribution in [2.75, 3.05) is 13.2 Å². The summed E-state index contributed by atoms with van der Waals surface area (Å²) in [5.74, 6) is 1.92. The molecule has 1 saturated heterocycles. The molecule has 0 radical (unpaired) electrons. The fraction of sp³-hybridized carbons (Fsp3) is 0.519. The molecule has 2 aromatic carbocycles. The Morgan fingerprint density at radius 1 is 1.12 bits per heavy atom. The lowest BCUT2D eigenvalue weighted by Gasteiger charge is -2.39. The molecule has 3 atom stereocenters. The number of nitrogens with one attached hydrogen (secondary N) is 1. The maximum Gasteiger partial charge on any atom is 0.258 e. The summed E-state index contributed by atoms with van der Waals surface area (Å²) in [5.41, 5.74) is 2.40. The van der Waals surface area contributed by atoms with E-state index in [9.17, 15) is 4.79 Å². The Morgan fingerprint density at radius 3 is 2.59 bits per heavy atom. The number of hydrogen-bond donors (Lipinski definition) is 1.